The Balaban J connectivity index is 1.73. The molecule has 0 aromatic heterocycles. The Morgan fingerprint density at radius 2 is 1.13 bits per heavy atom. The van der Waals surface area contributed by atoms with E-state index in [1.807, 2.05) is 50.5 Å². The summed E-state index contributed by atoms with van der Waals surface area (Å²) >= 11 is 12.4. The summed E-state index contributed by atoms with van der Waals surface area (Å²) < 4.78 is 0. The second-order valence-corrected chi connectivity index (χ2v) is 10.0. The minimum atomic E-state index is -0.281. The summed E-state index contributed by atoms with van der Waals surface area (Å²) in [6, 6.07) is 11.8. The van der Waals surface area contributed by atoms with Crippen molar-refractivity contribution in [2.45, 2.75) is 38.5 Å². The molecule has 0 aliphatic carbocycles. The van der Waals surface area contributed by atoms with E-state index < -0.39 is 0 Å². The van der Waals surface area contributed by atoms with Crippen molar-refractivity contribution < 1.29 is 4.79 Å². The molecule has 5 heteroatoms. The van der Waals surface area contributed by atoms with Gasteiger partial charge in [-0.05, 0) is 35.4 Å². The first-order chi connectivity index (χ1) is 13.9. The number of halogens is 2. The van der Waals surface area contributed by atoms with Gasteiger partial charge in [0.2, 0.25) is 0 Å². The average Bonchev–Trinajstić information content (AvgIpc) is 2.96. The summed E-state index contributed by atoms with van der Waals surface area (Å²) in [6.07, 6.45) is 3.50. The van der Waals surface area contributed by atoms with Crippen LogP contribution in [0.25, 0.3) is 0 Å². The minimum Gasteiger partial charge on any atom is -0.347 e. The first-order valence-corrected chi connectivity index (χ1v) is 10.8. The molecule has 2 aliphatic heterocycles. The molecule has 2 aliphatic rings. The summed E-state index contributed by atoms with van der Waals surface area (Å²) in [6.45, 7) is 8.55. The molecule has 2 heterocycles. The van der Waals surface area contributed by atoms with Crippen LogP contribution in [0.5, 0.6) is 0 Å². The number of allylic oxidation sites excluding steroid dienone is 4. The van der Waals surface area contributed by atoms with Gasteiger partial charge in [-0.3, -0.25) is 4.79 Å². The van der Waals surface area contributed by atoms with Crippen LogP contribution in [0.4, 0.5) is 11.4 Å². The van der Waals surface area contributed by atoms with Crippen molar-refractivity contribution in [3.63, 3.8) is 0 Å². The molecule has 0 unspecified atom stereocenters. The van der Waals surface area contributed by atoms with Crippen molar-refractivity contribution in [2.24, 2.45) is 0 Å². The van der Waals surface area contributed by atoms with Gasteiger partial charge in [0.05, 0.1) is 0 Å². The third-order valence-corrected chi connectivity index (χ3v) is 7.02. The highest BCUT2D eigenvalue weighted by molar-refractivity contribution is 6.31. The molecule has 156 valence electrons. The largest absolute Gasteiger partial charge is 0.347 e. The van der Waals surface area contributed by atoms with E-state index in [9.17, 15) is 4.79 Å². The molecule has 2 aromatic carbocycles. The number of hydrogen-bond donors (Lipinski definition) is 0. The van der Waals surface area contributed by atoms with Gasteiger partial charge in [-0.1, -0.05) is 63.0 Å². The topological polar surface area (TPSA) is 23.6 Å². The van der Waals surface area contributed by atoms with Crippen molar-refractivity contribution in [3.8, 4) is 0 Å². The summed E-state index contributed by atoms with van der Waals surface area (Å²) in [5, 5.41) is 1.38. The van der Waals surface area contributed by atoms with E-state index in [0.29, 0.717) is 10.0 Å². The molecular formula is C25H26Cl2N2O. The van der Waals surface area contributed by atoms with Gasteiger partial charge in [-0.15, -0.1) is 0 Å². The van der Waals surface area contributed by atoms with E-state index in [-0.39, 0.29) is 16.6 Å². The van der Waals surface area contributed by atoms with E-state index in [0.717, 1.165) is 22.8 Å². The summed E-state index contributed by atoms with van der Waals surface area (Å²) in [7, 11) is 3.97. The fourth-order valence-electron chi connectivity index (χ4n) is 4.86. The fraction of sp³-hybridized carbons (Fsp3) is 0.320. The second kappa shape index (κ2) is 6.90. The van der Waals surface area contributed by atoms with Crippen LogP contribution in [-0.2, 0) is 15.6 Å². The van der Waals surface area contributed by atoms with Crippen LogP contribution in [-0.4, -0.2) is 19.9 Å². The molecule has 0 saturated heterocycles. The maximum Gasteiger partial charge on any atom is 0.182 e. The predicted octanol–water partition coefficient (Wildman–Crippen LogP) is 6.49. The Labute approximate surface area is 188 Å². The standard InChI is InChI=1S/C25H26Cl2N2O/c1-24(2)18-9-7-15(26)11-20(18)28(5)22(24)13-17(30)14-23-25(3,4)19-10-8-16(27)12-21(19)29(23)6/h7-14H,1-6H3. The summed E-state index contributed by atoms with van der Waals surface area (Å²) in [4.78, 5) is 17.3. The van der Waals surface area contributed by atoms with E-state index in [1.54, 1.807) is 12.2 Å². The Bertz CT molecular complexity index is 1040. The maximum absolute atomic E-state index is 13.2. The van der Waals surface area contributed by atoms with Crippen LogP contribution in [0.1, 0.15) is 38.8 Å². The highest BCUT2D eigenvalue weighted by Gasteiger charge is 2.40. The molecule has 0 saturated carbocycles. The van der Waals surface area contributed by atoms with Crippen LogP contribution in [0.3, 0.4) is 0 Å². The maximum atomic E-state index is 13.2. The fourth-order valence-corrected chi connectivity index (χ4v) is 5.19. The van der Waals surface area contributed by atoms with Gasteiger partial charge in [-0.2, -0.15) is 0 Å². The van der Waals surface area contributed by atoms with Gasteiger partial charge >= 0.3 is 0 Å². The number of benzene rings is 2. The lowest BCUT2D eigenvalue weighted by Gasteiger charge is -2.25. The van der Waals surface area contributed by atoms with Crippen molar-refractivity contribution in [2.75, 3.05) is 23.9 Å². The molecular weight excluding hydrogens is 415 g/mol. The van der Waals surface area contributed by atoms with Crippen LogP contribution in [0.2, 0.25) is 10.0 Å². The zero-order valence-corrected chi connectivity index (χ0v) is 19.7. The van der Waals surface area contributed by atoms with Crippen molar-refractivity contribution in [1.82, 2.24) is 0 Å². The Morgan fingerprint density at radius 1 is 0.767 bits per heavy atom. The Morgan fingerprint density at radius 3 is 1.50 bits per heavy atom. The summed E-state index contributed by atoms with van der Waals surface area (Å²) in [5.74, 6) is -0.0299. The van der Waals surface area contributed by atoms with Gasteiger partial charge in [0, 0.05) is 69.9 Å². The van der Waals surface area contributed by atoms with Gasteiger partial charge in [0.1, 0.15) is 0 Å². The number of carbonyl (C=O) groups excluding carboxylic acids is 1. The number of likely N-dealkylation sites (N-methyl/N-ethyl adjacent to an activating group) is 2. The molecule has 0 atom stereocenters. The molecule has 3 nitrogen and oxygen atoms in total. The Hall–Kier alpha value is -2.23. The molecule has 0 N–H and O–H groups in total. The smallest absolute Gasteiger partial charge is 0.182 e. The number of fused-ring (bicyclic) bond motifs is 2. The van der Waals surface area contributed by atoms with Crippen molar-refractivity contribution >= 4 is 40.4 Å². The number of nitrogens with zero attached hydrogens (tertiary/aromatic N) is 2. The lowest BCUT2D eigenvalue weighted by atomic mass is 9.82. The zero-order valence-electron chi connectivity index (χ0n) is 18.2. The molecule has 4 rings (SSSR count). The van der Waals surface area contributed by atoms with Crippen molar-refractivity contribution in [3.05, 3.63) is 81.1 Å². The third-order valence-electron chi connectivity index (χ3n) is 6.55. The third kappa shape index (κ3) is 3.07. The Kier molecular flexibility index (Phi) is 4.83. The first-order valence-electron chi connectivity index (χ1n) is 10.0. The van der Waals surface area contributed by atoms with Crippen LogP contribution in [0.15, 0.2) is 59.9 Å². The van der Waals surface area contributed by atoms with E-state index in [4.69, 9.17) is 23.2 Å². The SMILES string of the molecule is CN1C(=CC(=O)C=C2N(C)c3cc(Cl)ccc3C2(C)C)C(C)(C)c2ccc(Cl)cc21. The van der Waals surface area contributed by atoms with Crippen LogP contribution >= 0.6 is 23.2 Å². The molecule has 0 fully saturated rings. The second-order valence-electron chi connectivity index (χ2n) is 9.15. The van der Waals surface area contributed by atoms with Gasteiger partial charge in [-0.25, -0.2) is 0 Å². The molecule has 2 aromatic rings. The molecule has 0 spiro atoms. The van der Waals surface area contributed by atoms with Crippen molar-refractivity contribution in [1.29, 1.82) is 0 Å². The van der Waals surface area contributed by atoms with Crippen LogP contribution < -0.4 is 9.80 Å². The molecule has 0 bridgehead atoms. The quantitative estimate of drug-likeness (QED) is 0.498. The van der Waals surface area contributed by atoms with Gasteiger partial charge in [0.15, 0.2) is 5.78 Å². The highest BCUT2D eigenvalue weighted by Crippen LogP contribution is 2.49. The summed E-state index contributed by atoms with van der Waals surface area (Å²) in [5.41, 5.74) is 5.77. The van der Waals surface area contributed by atoms with Gasteiger partial charge in [0.25, 0.3) is 0 Å². The number of ketones is 1. The predicted molar refractivity (Wildman–Crippen MR) is 127 cm³/mol. The molecule has 0 radical (unpaired) electrons. The van der Waals surface area contributed by atoms with Crippen LogP contribution in [0, 0.1) is 0 Å². The normalized spacial score (nSPS) is 21.3. The monoisotopic (exact) mass is 440 g/mol. The van der Waals surface area contributed by atoms with E-state index in [1.165, 1.54) is 11.1 Å². The van der Waals surface area contributed by atoms with E-state index >= 15 is 0 Å². The number of carbonyl (C=O) groups is 1. The number of anilines is 2. The van der Waals surface area contributed by atoms with E-state index in [2.05, 4.69) is 37.5 Å². The number of rotatable bonds is 2. The highest BCUT2D eigenvalue weighted by atomic mass is 35.5. The number of hydrogen-bond acceptors (Lipinski definition) is 3. The first kappa shape index (κ1) is 21.0. The zero-order chi connectivity index (χ0) is 22.0. The lowest BCUT2D eigenvalue weighted by molar-refractivity contribution is -0.110. The van der Waals surface area contributed by atoms with Gasteiger partial charge < -0.3 is 9.80 Å². The average molecular weight is 441 g/mol. The minimum absolute atomic E-state index is 0.0299. The molecule has 30 heavy (non-hydrogen) atoms. The lowest BCUT2D eigenvalue weighted by Crippen LogP contribution is -2.25. The molecule has 0 amide bonds.